The zero-order valence-corrected chi connectivity index (χ0v) is 15.5. The van der Waals surface area contributed by atoms with Crippen LogP contribution in [0.3, 0.4) is 0 Å². The van der Waals surface area contributed by atoms with Gasteiger partial charge in [-0.25, -0.2) is 13.1 Å². The normalized spacial score (nSPS) is 18.9. The Bertz CT molecular complexity index is 668. The van der Waals surface area contributed by atoms with Crippen LogP contribution < -0.4 is 9.46 Å². The van der Waals surface area contributed by atoms with Gasteiger partial charge in [-0.05, 0) is 56.6 Å². The lowest BCUT2D eigenvalue weighted by molar-refractivity contribution is -0.0320. The zero-order chi connectivity index (χ0) is 17.8. The van der Waals surface area contributed by atoms with E-state index in [0.717, 1.165) is 25.7 Å². The van der Waals surface area contributed by atoms with Crippen LogP contribution >= 0.6 is 0 Å². The van der Waals surface area contributed by atoms with E-state index in [1.54, 1.807) is 31.4 Å². The summed E-state index contributed by atoms with van der Waals surface area (Å²) in [6.45, 7) is 1.51. The lowest BCUT2D eigenvalue weighted by Gasteiger charge is -2.18. The molecule has 0 bridgehead atoms. The van der Waals surface area contributed by atoms with Crippen LogP contribution in [0.25, 0.3) is 0 Å². The number of hydrogen-bond acceptors (Lipinski definition) is 5. The summed E-state index contributed by atoms with van der Waals surface area (Å²) in [4.78, 5) is 0.266. The second-order valence-electron chi connectivity index (χ2n) is 7.03. The molecule has 1 N–H and O–H groups in total. The summed E-state index contributed by atoms with van der Waals surface area (Å²) in [6, 6.07) is 6.77. The molecule has 0 heterocycles. The molecule has 7 heteroatoms. The SMILES string of the molecule is COCOCCCC1(NS(=O)(=O)c2cccc(OCC3CC3)c2)CC1. The molecule has 0 unspecified atom stereocenters. The molecule has 0 saturated heterocycles. The topological polar surface area (TPSA) is 73.9 Å². The Balaban J connectivity index is 1.54. The van der Waals surface area contributed by atoms with Crippen LogP contribution in [-0.2, 0) is 19.5 Å². The third-order valence-electron chi connectivity index (χ3n) is 4.65. The lowest BCUT2D eigenvalue weighted by Crippen LogP contribution is -2.37. The van der Waals surface area contributed by atoms with E-state index >= 15 is 0 Å². The fraction of sp³-hybridized carbons (Fsp3) is 0.667. The van der Waals surface area contributed by atoms with E-state index in [4.69, 9.17) is 14.2 Å². The average molecular weight is 369 g/mol. The molecule has 2 fully saturated rings. The van der Waals surface area contributed by atoms with Gasteiger partial charge in [0.2, 0.25) is 10.0 Å². The Labute approximate surface area is 149 Å². The highest BCUT2D eigenvalue weighted by molar-refractivity contribution is 7.89. The second kappa shape index (κ2) is 8.03. The van der Waals surface area contributed by atoms with Crippen molar-refractivity contribution in [1.29, 1.82) is 0 Å². The van der Waals surface area contributed by atoms with Crippen molar-refractivity contribution in [3.8, 4) is 5.75 Å². The standard InChI is InChI=1S/C18H27NO5S/c1-22-14-23-11-3-8-18(9-10-18)19-25(20,21)17-5-2-4-16(12-17)24-13-15-6-7-15/h2,4-5,12,15,19H,3,6-11,13-14H2,1H3. The fourth-order valence-corrected chi connectivity index (χ4v) is 4.31. The van der Waals surface area contributed by atoms with Crippen molar-refractivity contribution in [3.05, 3.63) is 24.3 Å². The summed E-state index contributed by atoms with van der Waals surface area (Å²) in [5.41, 5.74) is -0.319. The first-order valence-electron chi connectivity index (χ1n) is 8.87. The van der Waals surface area contributed by atoms with Gasteiger partial charge in [-0.2, -0.15) is 0 Å². The van der Waals surface area contributed by atoms with Crippen molar-refractivity contribution in [1.82, 2.24) is 4.72 Å². The molecule has 0 amide bonds. The van der Waals surface area contributed by atoms with E-state index in [2.05, 4.69) is 4.72 Å². The van der Waals surface area contributed by atoms with Crippen LogP contribution in [0, 0.1) is 5.92 Å². The number of rotatable bonds is 12. The number of sulfonamides is 1. The summed E-state index contributed by atoms with van der Waals surface area (Å²) in [5, 5.41) is 0. The third kappa shape index (κ3) is 5.67. The zero-order valence-electron chi connectivity index (χ0n) is 14.7. The highest BCUT2D eigenvalue weighted by atomic mass is 32.2. The molecule has 0 atom stereocenters. The van der Waals surface area contributed by atoms with Gasteiger partial charge < -0.3 is 14.2 Å². The highest BCUT2D eigenvalue weighted by Crippen LogP contribution is 2.41. The number of methoxy groups -OCH3 is 1. The van der Waals surface area contributed by atoms with Crippen LogP contribution in [0.2, 0.25) is 0 Å². The van der Waals surface area contributed by atoms with Crippen LogP contribution in [0.1, 0.15) is 38.5 Å². The van der Waals surface area contributed by atoms with Gasteiger partial charge in [-0.1, -0.05) is 6.07 Å². The van der Waals surface area contributed by atoms with Gasteiger partial charge in [0.1, 0.15) is 12.5 Å². The van der Waals surface area contributed by atoms with Crippen molar-refractivity contribution in [2.75, 3.05) is 27.1 Å². The maximum Gasteiger partial charge on any atom is 0.241 e. The minimum absolute atomic E-state index is 0.266. The Hall–Kier alpha value is -1.15. The third-order valence-corrected chi connectivity index (χ3v) is 6.22. The van der Waals surface area contributed by atoms with Crippen LogP contribution in [0.4, 0.5) is 0 Å². The molecule has 25 heavy (non-hydrogen) atoms. The van der Waals surface area contributed by atoms with E-state index < -0.39 is 10.0 Å². The molecule has 0 aromatic heterocycles. The van der Waals surface area contributed by atoms with Gasteiger partial charge in [-0.3, -0.25) is 0 Å². The van der Waals surface area contributed by atoms with E-state index in [1.165, 1.54) is 12.8 Å². The predicted molar refractivity (Wildman–Crippen MR) is 94.0 cm³/mol. The molecule has 0 radical (unpaired) electrons. The molecule has 0 aliphatic heterocycles. The van der Waals surface area contributed by atoms with Gasteiger partial charge in [0.25, 0.3) is 0 Å². The van der Waals surface area contributed by atoms with Crippen molar-refractivity contribution >= 4 is 10.0 Å². The van der Waals surface area contributed by atoms with Crippen molar-refractivity contribution < 1.29 is 22.6 Å². The van der Waals surface area contributed by atoms with Crippen molar-refractivity contribution in [2.24, 2.45) is 5.92 Å². The summed E-state index contributed by atoms with van der Waals surface area (Å²) >= 11 is 0. The Morgan fingerprint density at radius 3 is 2.76 bits per heavy atom. The molecule has 140 valence electrons. The van der Waals surface area contributed by atoms with E-state index in [0.29, 0.717) is 24.9 Å². The number of hydrogen-bond donors (Lipinski definition) is 1. The molecular formula is C18H27NO5S. The number of benzene rings is 1. The largest absolute Gasteiger partial charge is 0.493 e. The maximum absolute atomic E-state index is 12.7. The first-order chi connectivity index (χ1) is 12.0. The van der Waals surface area contributed by atoms with Gasteiger partial charge in [0, 0.05) is 25.3 Å². The number of ether oxygens (including phenoxy) is 3. The monoisotopic (exact) mass is 369 g/mol. The van der Waals surface area contributed by atoms with E-state index in [9.17, 15) is 8.42 Å². The minimum atomic E-state index is -3.54. The van der Waals surface area contributed by atoms with Crippen molar-refractivity contribution in [3.63, 3.8) is 0 Å². The molecule has 2 saturated carbocycles. The summed E-state index contributed by atoms with van der Waals surface area (Å²) in [6.07, 6.45) is 5.72. The quantitative estimate of drug-likeness (QED) is 0.453. The smallest absolute Gasteiger partial charge is 0.241 e. The lowest BCUT2D eigenvalue weighted by atomic mass is 10.1. The van der Waals surface area contributed by atoms with Gasteiger partial charge in [0.15, 0.2) is 0 Å². The minimum Gasteiger partial charge on any atom is -0.493 e. The fourth-order valence-electron chi connectivity index (χ4n) is 2.78. The summed E-state index contributed by atoms with van der Waals surface area (Å²) in [5.74, 6) is 1.25. The van der Waals surface area contributed by atoms with E-state index in [1.807, 2.05) is 0 Å². The number of nitrogens with one attached hydrogen (secondary N) is 1. The molecule has 6 nitrogen and oxygen atoms in total. The van der Waals surface area contributed by atoms with Crippen LogP contribution in [-0.4, -0.2) is 41.1 Å². The molecule has 1 aromatic rings. The first-order valence-corrected chi connectivity index (χ1v) is 10.3. The molecule has 3 rings (SSSR count). The van der Waals surface area contributed by atoms with Crippen molar-refractivity contribution in [2.45, 2.75) is 49.0 Å². The van der Waals surface area contributed by atoms with Gasteiger partial charge >= 0.3 is 0 Å². The van der Waals surface area contributed by atoms with Crippen LogP contribution in [0.5, 0.6) is 5.75 Å². The molecule has 2 aliphatic rings. The molecule has 2 aliphatic carbocycles. The Morgan fingerprint density at radius 2 is 2.08 bits per heavy atom. The van der Waals surface area contributed by atoms with Crippen LogP contribution in [0.15, 0.2) is 29.2 Å². The van der Waals surface area contributed by atoms with Gasteiger partial charge in [-0.15, -0.1) is 0 Å². The Morgan fingerprint density at radius 1 is 1.28 bits per heavy atom. The maximum atomic E-state index is 12.7. The van der Waals surface area contributed by atoms with E-state index in [-0.39, 0.29) is 17.2 Å². The summed E-state index contributed by atoms with van der Waals surface area (Å²) in [7, 11) is -1.96. The second-order valence-corrected chi connectivity index (χ2v) is 8.72. The summed E-state index contributed by atoms with van der Waals surface area (Å²) < 4.78 is 44.1. The molecular weight excluding hydrogens is 342 g/mol. The first kappa shape index (κ1) is 18.6. The molecule has 1 aromatic carbocycles. The Kier molecular flexibility index (Phi) is 5.99. The predicted octanol–water partition coefficient (Wildman–Crippen LogP) is 2.69. The average Bonchev–Trinajstić information content (AvgIpc) is 3.50. The van der Waals surface area contributed by atoms with Gasteiger partial charge in [0.05, 0.1) is 11.5 Å². The molecule has 0 spiro atoms. The highest BCUT2D eigenvalue weighted by Gasteiger charge is 2.45.